The smallest absolute Gasteiger partial charge is 0.242 e. The number of methoxy groups -OCH3 is 1. The van der Waals surface area contributed by atoms with Crippen LogP contribution in [0.2, 0.25) is 0 Å². The minimum absolute atomic E-state index is 0.0207. The molecule has 0 aliphatic heterocycles. The molecule has 2 amide bonds. The van der Waals surface area contributed by atoms with E-state index in [0.717, 1.165) is 17.1 Å². The highest BCUT2D eigenvalue weighted by Crippen LogP contribution is 2.14. The van der Waals surface area contributed by atoms with Crippen molar-refractivity contribution in [3.63, 3.8) is 0 Å². The van der Waals surface area contributed by atoms with E-state index in [1.165, 1.54) is 0 Å². The van der Waals surface area contributed by atoms with Gasteiger partial charge in [0.05, 0.1) is 19.7 Å². The van der Waals surface area contributed by atoms with Crippen LogP contribution < -0.4 is 0 Å². The van der Waals surface area contributed by atoms with E-state index in [2.05, 4.69) is 0 Å². The van der Waals surface area contributed by atoms with Crippen molar-refractivity contribution >= 4 is 11.8 Å². The summed E-state index contributed by atoms with van der Waals surface area (Å²) in [5.74, 6) is 1.17. The summed E-state index contributed by atoms with van der Waals surface area (Å²) in [4.78, 5) is 28.9. The number of nitrogens with zero attached hydrogens (tertiary/aromatic N) is 2. The van der Waals surface area contributed by atoms with Crippen LogP contribution in [0.5, 0.6) is 0 Å². The van der Waals surface area contributed by atoms with E-state index in [4.69, 9.17) is 9.15 Å². The van der Waals surface area contributed by atoms with E-state index in [0.29, 0.717) is 26.2 Å². The van der Waals surface area contributed by atoms with Crippen molar-refractivity contribution in [1.82, 2.24) is 9.80 Å². The second-order valence-corrected chi connectivity index (χ2v) is 7.16. The number of furan rings is 1. The number of ether oxygens (including phenoxy) is 1. The second-order valence-electron chi connectivity index (χ2n) is 7.16. The average Bonchev–Trinajstić information content (AvgIpc) is 3.09. The van der Waals surface area contributed by atoms with Crippen LogP contribution in [0.1, 0.15) is 30.9 Å². The van der Waals surface area contributed by atoms with Crippen LogP contribution in [0.3, 0.4) is 0 Å². The van der Waals surface area contributed by atoms with Gasteiger partial charge in [-0.15, -0.1) is 0 Å². The van der Waals surface area contributed by atoms with Crippen molar-refractivity contribution < 1.29 is 18.7 Å². The first kappa shape index (κ1) is 21.7. The van der Waals surface area contributed by atoms with E-state index in [1.54, 1.807) is 16.9 Å². The van der Waals surface area contributed by atoms with Crippen LogP contribution in [-0.2, 0) is 27.4 Å². The van der Waals surface area contributed by atoms with Gasteiger partial charge in [-0.1, -0.05) is 44.2 Å². The lowest BCUT2D eigenvalue weighted by molar-refractivity contribution is -0.143. The van der Waals surface area contributed by atoms with Crippen molar-refractivity contribution in [2.24, 2.45) is 5.92 Å². The van der Waals surface area contributed by atoms with Crippen LogP contribution in [0.25, 0.3) is 0 Å². The van der Waals surface area contributed by atoms with E-state index in [1.807, 2.05) is 63.2 Å². The third-order valence-electron chi connectivity index (χ3n) is 4.41. The molecule has 0 aliphatic rings. The van der Waals surface area contributed by atoms with Crippen LogP contribution in [0.15, 0.2) is 46.9 Å². The fourth-order valence-corrected chi connectivity index (χ4v) is 2.89. The van der Waals surface area contributed by atoms with Crippen LogP contribution in [0, 0.1) is 12.8 Å². The van der Waals surface area contributed by atoms with Crippen molar-refractivity contribution in [2.75, 3.05) is 26.8 Å². The normalized spacial score (nSPS) is 10.9. The van der Waals surface area contributed by atoms with Crippen molar-refractivity contribution in [1.29, 1.82) is 0 Å². The minimum Gasteiger partial charge on any atom is -0.464 e. The van der Waals surface area contributed by atoms with Crippen molar-refractivity contribution in [3.8, 4) is 0 Å². The molecule has 0 saturated carbocycles. The van der Waals surface area contributed by atoms with E-state index < -0.39 is 0 Å². The number of hydrogen-bond donors (Lipinski definition) is 0. The zero-order valence-corrected chi connectivity index (χ0v) is 17.2. The van der Waals surface area contributed by atoms with Gasteiger partial charge in [0.15, 0.2) is 0 Å². The second kappa shape index (κ2) is 10.7. The molecule has 6 heteroatoms. The minimum atomic E-state index is -0.181. The van der Waals surface area contributed by atoms with Gasteiger partial charge in [-0.25, -0.2) is 0 Å². The SMILES string of the molecule is COCCN(CC(=O)N(Cc1ccccc1)Cc1ccc(C)o1)C(=O)C(C)C. The monoisotopic (exact) mass is 386 g/mol. The molecule has 1 aromatic heterocycles. The highest BCUT2D eigenvalue weighted by Gasteiger charge is 2.23. The Morgan fingerprint density at radius 2 is 1.75 bits per heavy atom. The Morgan fingerprint density at radius 3 is 2.32 bits per heavy atom. The molecule has 1 heterocycles. The molecule has 0 saturated heterocycles. The molecule has 0 atom stereocenters. The lowest BCUT2D eigenvalue weighted by atomic mass is 10.2. The Balaban J connectivity index is 2.16. The number of amides is 2. The van der Waals surface area contributed by atoms with Gasteiger partial charge in [-0.05, 0) is 24.6 Å². The Labute approximate surface area is 167 Å². The number of aryl methyl sites for hydroxylation is 1. The molecule has 152 valence electrons. The summed E-state index contributed by atoms with van der Waals surface area (Å²) >= 11 is 0. The molecule has 2 rings (SSSR count). The van der Waals surface area contributed by atoms with E-state index in [9.17, 15) is 9.59 Å². The fraction of sp³-hybridized carbons (Fsp3) is 0.455. The zero-order valence-electron chi connectivity index (χ0n) is 17.2. The fourth-order valence-electron chi connectivity index (χ4n) is 2.89. The molecule has 0 bridgehead atoms. The summed E-state index contributed by atoms with van der Waals surface area (Å²) in [6, 6.07) is 13.6. The number of carbonyl (C=O) groups excluding carboxylic acids is 2. The van der Waals surface area contributed by atoms with Crippen LogP contribution >= 0.6 is 0 Å². The summed E-state index contributed by atoms with van der Waals surface area (Å²) in [5, 5.41) is 0. The molecule has 0 radical (unpaired) electrons. The van der Waals surface area contributed by atoms with Crippen LogP contribution in [0.4, 0.5) is 0 Å². The Bertz CT molecular complexity index is 755. The van der Waals surface area contributed by atoms with E-state index >= 15 is 0 Å². The molecule has 0 unspecified atom stereocenters. The summed E-state index contributed by atoms with van der Waals surface area (Å²) in [6.45, 7) is 7.15. The summed E-state index contributed by atoms with van der Waals surface area (Å²) in [6.07, 6.45) is 0. The molecule has 0 fully saturated rings. The summed E-state index contributed by atoms with van der Waals surface area (Å²) < 4.78 is 10.8. The lowest BCUT2D eigenvalue weighted by Gasteiger charge is -2.28. The Kier molecular flexibility index (Phi) is 8.26. The standard InChI is InChI=1S/C22H30N2O4/c1-17(2)22(26)23(12-13-27-4)16-21(25)24(14-19-8-6-5-7-9-19)15-20-11-10-18(3)28-20/h5-11,17H,12-16H2,1-4H3. The van der Waals surface area contributed by atoms with Crippen LogP contribution in [-0.4, -0.2) is 48.4 Å². The zero-order chi connectivity index (χ0) is 20.5. The number of carbonyl (C=O) groups is 2. The number of rotatable bonds is 10. The van der Waals surface area contributed by atoms with Gasteiger partial charge in [0.2, 0.25) is 11.8 Å². The molecular weight excluding hydrogens is 356 g/mol. The van der Waals surface area contributed by atoms with Crippen molar-refractivity contribution in [2.45, 2.75) is 33.9 Å². The predicted molar refractivity (Wildman–Crippen MR) is 107 cm³/mol. The molecule has 28 heavy (non-hydrogen) atoms. The van der Waals surface area contributed by atoms with Gasteiger partial charge >= 0.3 is 0 Å². The van der Waals surface area contributed by atoms with Crippen molar-refractivity contribution in [3.05, 3.63) is 59.5 Å². The van der Waals surface area contributed by atoms with Gasteiger partial charge in [0.1, 0.15) is 11.5 Å². The van der Waals surface area contributed by atoms with E-state index in [-0.39, 0.29) is 24.3 Å². The Hall–Kier alpha value is -2.60. The van der Waals surface area contributed by atoms with Gasteiger partial charge in [0.25, 0.3) is 0 Å². The highest BCUT2D eigenvalue weighted by molar-refractivity contribution is 5.85. The van der Waals surface area contributed by atoms with Gasteiger partial charge in [0, 0.05) is 26.1 Å². The molecule has 2 aromatic rings. The number of benzene rings is 1. The molecule has 6 nitrogen and oxygen atoms in total. The molecule has 0 spiro atoms. The quantitative estimate of drug-likeness (QED) is 0.629. The van der Waals surface area contributed by atoms with Gasteiger partial charge in [-0.2, -0.15) is 0 Å². The maximum absolute atomic E-state index is 13.1. The van der Waals surface area contributed by atoms with Gasteiger partial charge < -0.3 is 19.0 Å². The largest absolute Gasteiger partial charge is 0.464 e. The highest BCUT2D eigenvalue weighted by atomic mass is 16.5. The average molecular weight is 386 g/mol. The maximum atomic E-state index is 13.1. The molecular formula is C22H30N2O4. The molecule has 1 aromatic carbocycles. The number of hydrogen-bond acceptors (Lipinski definition) is 4. The first-order chi connectivity index (χ1) is 13.4. The first-order valence-electron chi connectivity index (χ1n) is 9.55. The third-order valence-corrected chi connectivity index (χ3v) is 4.41. The third kappa shape index (κ3) is 6.53. The predicted octanol–water partition coefficient (Wildman–Crippen LogP) is 3.25. The maximum Gasteiger partial charge on any atom is 0.242 e. The first-order valence-corrected chi connectivity index (χ1v) is 9.55. The summed E-state index contributed by atoms with van der Waals surface area (Å²) in [7, 11) is 1.58. The Morgan fingerprint density at radius 1 is 1.04 bits per heavy atom. The van der Waals surface area contributed by atoms with Gasteiger partial charge in [-0.3, -0.25) is 9.59 Å². The summed E-state index contributed by atoms with van der Waals surface area (Å²) in [5.41, 5.74) is 1.03. The topological polar surface area (TPSA) is 63.0 Å². The molecule has 0 aliphatic carbocycles. The lowest BCUT2D eigenvalue weighted by Crippen LogP contribution is -2.45. The molecule has 0 N–H and O–H groups in total.